The van der Waals surface area contributed by atoms with Gasteiger partial charge in [-0.25, -0.2) is 0 Å². The van der Waals surface area contributed by atoms with Crippen molar-refractivity contribution in [3.8, 4) is 0 Å². The first-order valence-corrected chi connectivity index (χ1v) is 4.14. The summed E-state index contributed by atoms with van der Waals surface area (Å²) in [7, 11) is 0. The number of aromatic nitrogens is 1. The number of halogens is 2. The Hall–Kier alpha value is -1.03. The minimum absolute atomic E-state index is 0. The highest BCUT2D eigenvalue weighted by atomic mass is 35.5. The van der Waals surface area contributed by atoms with Gasteiger partial charge in [0.2, 0.25) is 0 Å². The average Bonchev–Trinajstić information content (AvgIpc) is 2.18. The van der Waals surface area contributed by atoms with Crippen LogP contribution in [-0.2, 0) is 6.54 Å². The van der Waals surface area contributed by atoms with Crippen LogP contribution in [0.2, 0.25) is 0 Å². The zero-order valence-electron chi connectivity index (χ0n) is 8.01. The molecule has 1 aromatic heterocycles. The largest absolute Gasteiger partial charge is 0.398 e. The van der Waals surface area contributed by atoms with Crippen molar-refractivity contribution in [2.45, 2.75) is 6.54 Å². The van der Waals surface area contributed by atoms with Crippen LogP contribution in [0.4, 0.5) is 5.69 Å². The van der Waals surface area contributed by atoms with Crippen molar-refractivity contribution in [2.24, 2.45) is 5.73 Å². The van der Waals surface area contributed by atoms with Gasteiger partial charge in [-0.3, -0.25) is 4.98 Å². The number of nitrogens with two attached hydrogens (primary N) is 2. The van der Waals surface area contributed by atoms with Crippen LogP contribution in [0, 0.1) is 0 Å². The first-order valence-electron chi connectivity index (χ1n) is 4.14. The van der Waals surface area contributed by atoms with E-state index in [1.54, 1.807) is 12.3 Å². The number of pyridine rings is 1. The summed E-state index contributed by atoms with van der Waals surface area (Å²) in [5.41, 5.74) is 14.1. The van der Waals surface area contributed by atoms with Crippen LogP contribution >= 0.6 is 24.8 Å². The van der Waals surface area contributed by atoms with Gasteiger partial charge in [-0.05, 0) is 23.8 Å². The van der Waals surface area contributed by atoms with Gasteiger partial charge in [0.15, 0.2) is 0 Å². The van der Waals surface area contributed by atoms with Crippen molar-refractivity contribution >= 4 is 41.4 Å². The van der Waals surface area contributed by atoms with E-state index < -0.39 is 0 Å². The maximum Gasteiger partial charge on any atom is 0.0722 e. The lowest BCUT2D eigenvalue weighted by Gasteiger charge is -2.02. The van der Waals surface area contributed by atoms with Crippen LogP contribution < -0.4 is 11.5 Å². The quantitative estimate of drug-likeness (QED) is 0.809. The van der Waals surface area contributed by atoms with E-state index >= 15 is 0 Å². The summed E-state index contributed by atoms with van der Waals surface area (Å²) in [5.74, 6) is 0. The zero-order valence-corrected chi connectivity index (χ0v) is 9.65. The van der Waals surface area contributed by atoms with Crippen molar-refractivity contribution in [3.63, 3.8) is 0 Å². The molecule has 15 heavy (non-hydrogen) atoms. The molecule has 0 amide bonds. The van der Waals surface area contributed by atoms with Crippen molar-refractivity contribution in [2.75, 3.05) is 5.73 Å². The number of nitrogens with zero attached hydrogens (tertiary/aromatic N) is 1. The fourth-order valence-corrected chi connectivity index (χ4v) is 1.34. The molecule has 0 bridgehead atoms. The zero-order chi connectivity index (χ0) is 9.26. The van der Waals surface area contributed by atoms with E-state index in [0.29, 0.717) is 6.54 Å². The Morgan fingerprint density at radius 3 is 2.53 bits per heavy atom. The highest BCUT2D eigenvalue weighted by molar-refractivity contribution is 5.90. The van der Waals surface area contributed by atoms with Gasteiger partial charge in [0.1, 0.15) is 0 Å². The number of anilines is 1. The molecule has 0 unspecified atom stereocenters. The summed E-state index contributed by atoms with van der Waals surface area (Å²) in [6.07, 6.45) is 1.71. The summed E-state index contributed by atoms with van der Waals surface area (Å²) in [6, 6.07) is 7.68. The highest BCUT2D eigenvalue weighted by Gasteiger charge is 1.98. The van der Waals surface area contributed by atoms with Crippen molar-refractivity contribution in [1.29, 1.82) is 0 Å². The second kappa shape index (κ2) is 5.75. The van der Waals surface area contributed by atoms with Crippen LogP contribution in [0.5, 0.6) is 0 Å². The summed E-state index contributed by atoms with van der Waals surface area (Å²) in [4.78, 5) is 4.20. The molecule has 3 nitrogen and oxygen atoms in total. The summed E-state index contributed by atoms with van der Waals surface area (Å²) in [5, 5.41) is 0.977. The lowest BCUT2D eigenvalue weighted by atomic mass is 10.1. The molecule has 0 atom stereocenters. The van der Waals surface area contributed by atoms with Gasteiger partial charge < -0.3 is 11.5 Å². The summed E-state index contributed by atoms with van der Waals surface area (Å²) in [6.45, 7) is 0.532. The third kappa shape index (κ3) is 2.72. The number of hydrogen-bond donors (Lipinski definition) is 2. The third-order valence-electron chi connectivity index (χ3n) is 2.08. The molecule has 4 N–H and O–H groups in total. The van der Waals surface area contributed by atoms with E-state index in [2.05, 4.69) is 4.98 Å². The van der Waals surface area contributed by atoms with Gasteiger partial charge in [0.05, 0.1) is 5.52 Å². The second-order valence-electron chi connectivity index (χ2n) is 2.96. The monoisotopic (exact) mass is 245 g/mol. The number of benzene rings is 1. The Kier molecular flexibility index (Phi) is 5.36. The fourth-order valence-electron chi connectivity index (χ4n) is 1.34. The van der Waals surface area contributed by atoms with E-state index in [-0.39, 0.29) is 24.8 Å². The maximum atomic E-state index is 5.80. The van der Waals surface area contributed by atoms with Gasteiger partial charge in [-0.15, -0.1) is 24.8 Å². The molecular formula is C10H13Cl2N3. The van der Waals surface area contributed by atoms with Crippen LogP contribution in [0.3, 0.4) is 0 Å². The molecule has 82 valence electrons. The Labute approximate surface area is 101 Å². The van der Waals surface area contributed by atoms with Crippen LogP contribution in [0.15, 0.2) is 30.5 Å². The molecule has 0 saturated heterocycles. The number of nitrogen functional groups attached to an aromatic ring is 1. The van der Waals surface area contributed by atoms with Gasteiger partial charge in [0.25, 0.3) is 0 Å². The molecule has 0 spiro atoms. The van der Waals surface area contributed by atoms with E-state index in [1.807, 2.05) is 18.2 Å². The Balaban J connectivity index is 0.000000980. The normalized spacial score (nSPS) is 9.13. The first-order chi connectivity index (χ1) is 6.31. The number of fused-ring (bicyclic) bond motifs is 1. The molecule has 1 aromatic carbocycles. The van der Waals surface area contributed by atoms with Gasteiger partial charge in [0, 0.05) is 23.8 Å². The molecule has 5 heteroatoms. The molecule has 0 fully saturated rings. The molecule has 0 radical (unpaired) electrons. The van der Waals surface area contributed by atoms with Crippen molar-refractivity contribution in [1.82, 2.24) is 4.98 Å². The minimum atomic E-state index is 0. The standard InChI is InChI=1S/C10H11N3.2ClH/c11-6-7-1-2-10-8(5-7)9(12)3-4-13-10;;/h1-5H,6,11H2,(H2,12,13);2*1H. The third-order valence-corrected chi connectivity index (χ3v) is 2.08. The predicted octanol–water partition coefficient (Wildman–Crippen LogP) is 2.12. The Morgan fingerprint density at radius 1 is 1.13 bits per heavy atom. The van der Waals surface area contributed by atoms with Gasteiger partial charge >= 0.3 is 0 Å². The first kappa shape index (κ1) is 14.0. The number of rotatable bonds is 1. The SMILES string of the molecule is Cl.Cl.NCc1ccc2nccc(N)c2c1. The molecule has 0 aliphatic carbocycles. The topological polar surface area (TPSA) is 64.9 Å². The smallest absolute Gasteiger partial charge is 0.0722 e. The molecular weight excluding hydrogens is 233 g/mol. The number of hydrogen-bond acceptors (Lipinski definition) is 3. The fraction of sp³-hybridized carbons (Fsp3) is 0.100. The van der Waals surface area contributed by atoms with E-state index in [1.165, 1.54) is 0 Å². The molecule has 0 saturated carbocycles. The van der Waals surface area contributed by atoms with Crippen LogP contribution in [0.1, 0.15) is 5.56 Å². The van der Waals surface area contributed by atoms with E-state index in [4.69, 9.17) is 11.5 Å². The van der Waals surface area contributed by atoms with E-state index in [0.717, 1.165) is 22.2 Å². The average molecular weight is 246 g/mol. The minimum Gasteiger partial charge on any atom is -0.398 e. The highest BCUT2D eigenvalue weighted by Crippen LogP contribution is 2.19. The molecule has 0 aliphatic heterocycles. The maximum absolute atomic E-state index is 5.80. The molecule has 1 heterocycles. The molecule has 2 rings (SSSR count). The molecule has 2 aromatic rings. The van der Waals surface area contributed by atoms with Crippen molar-refractivity contribution < 1.29 is 0 Å². The van der Waals surface area contributed by atoms with Crippen LogP contribution in [-0.4, -0.2) is 4.98 Å². The Bertz CT molecular complexity index is 446. The predicted molar refractivity (Wildman–Crippen MR) is 68.5 cm³/mol. The lowest BCUT2D eigenvalue weighted by molar-refractivity contribution is 1.07. The van der Waals surface area contributed by atoms with E-state index in [9.17, 15) is 0 Å². The Morgan fingerprint density at radius 2 is 1.87 bits per heavy atom. The summed E-state index contributed by atoms with van der Waals surface area (Å²) < 4.78 is 0. The van der Waals surface area contributed by atoms with Crippen LogP contribution in [0.25, 0.3) is 10.9 Å². The summed E-state index contributed by atoms with van der Waals surface area (Å²) >= 11 is 0. The molecule has 0 aliphatic rings. The lowest BCUT2D eigenvalue weighted by Crippen LogP contribution is -1.97. The second-order valence-corrected chi connectivity index (χ2v) is 2.96. The van der Waals surface area contributed by atoms with Gasteiger partial charge in [-0.2, -0.15) is 0 Å². The van der Waals surface area contributed by atoms with Crippen molar-refractivity contribution in [3.05, 3.63) is 36.0 Å². The van der Waals surface area contributed by atoms with Gasteiger partial charge in [-0.1, -0.05) is 6.07 Å².